The third kappa shape index (κ3) is 2.68. The van der Waals surface area contributed by atoms with Gasteiger partial charge in [0.05, 0.1) is 7.11 Å². The second-order valence-electron chi connectivity index (χ2n) is 2.79. The van der Waals surface area contributed by atoms with Crippen LogP contribution in [0.5, 0.6) is 0 Å². The molecule has 7 heteroatoms. The van der Waals surface area contributed by atoms with Crippen LogP contribution in [-0.4, -0.2) is 18.1 Å². The molecule has 0 N–H and O–H groups in total. The number of aromatic nitrogens is 1. The van der Waals surface area contributed by atoms with Gasteiger partial charge < -0.3 is 4.74 Å². The number of rotatable bonds is 3. The number of ether oxygens (including phenoxy) is 1. The van der Waals surface area contributed by atoms with E-state index < -0.39 is 18.1 Å². The van der Waals surface area contributed by atoms with Crippen LogP contribution < -0.4 is 0 Å². The lowest BCUT2D eigenvalue weighted by atomic mass is 10.2. The molecule has 1 aromatic rings. The Morgan fingerprint density at radius 3 is 2.75 bits per heavy atom. The first-order chi connectivity index (χ1) is 7.51. The molecule has 0 radical (unpaired) electrons. The Labute approximate surface area is 104 Å². The molecule has 0 amide bonds. The number of hydrogen-bond acceptors (Lipinski definition) is 3. The molecule has 0 saturated carbocycles. The maximum atomic E-state index is 12.5. The van der Waals surface area contributed by atoms with Gasteiger partial charge in [0.1, 0.15) is 5.69 Å². The van der Waals surface area contributed by atoms with Crippen molar-refractivity contribution in [1.29, 1.82) is 0 Å². The second kappa shape index (κ2) is 5.54. The van der Waals surface area contributed by atoms with Gasteiger partial charge in [-0.3, -0.25) is 0 Å². The van der Waals surface area contributed by atoms with Crippen LogP contribution in [0.25, 0.3) is 0 Å². The van der Waals surface area contributed by atoms with Crippen molar-refractivity contribution >= 4 is 33.5 Å². The van der Waals surface area contributed by atoms with Crippen molar-refractivity contribution in [3.8, 4) is 0 Å². The van der Waals surface area contributed by atoms with Gasteiger partial charge in [0.2, 0.25) is 0 Å². The topological polar surface area (TPSA) is 39.2 Å². The summed E-state index contributed by atoms with van der Waals surface area (Å²) in [5.41, 5.74) is -0.352. The Hall–Kier alpha value is -0.750. The van der Waals surface area contributed by atoms with Gasteiger partial charge in [0.15, 0.2) is 5.69 Å². The number of halogens is 4. The van der Waals surface area contributed by atoms with Crippen LogP contribution in [0.4, 0.5) is 8.78 Å². The molecule has 16 heavy (non-hydrogen) atoms. The van der Waals surface area contributed by atoms with Crippen LogP contribution in [0.2, 0.25) is 0 Å². The molecular weight excluding hydrogens is 307 g/mol. The monoisotopic (exact) mass is 313 g/mol. The molecule has 3 nitrogen and oxygen atoms in total. The van der Waals surface area contributed by atoms with Crippen LogP contribution in [0.1, 0.15) is 28.2 Å². The van der Waals surface area contributed by atoms with E-state index in [0.717, 1.165) is 7.11 Å². The van der Waals surface area contributed by atoms with E-state index in [1.165, 1.54) is 6.07 Å². The van der Waals surface area contributed by atoms with Crippen LogP contribution in [0.15, 0.2) is 10.5 Å². The number of methoxy groups -OCH3 is 1. The first kappa shape index (κ1) is 13.3. The average molecular weight is 315 g/mol. The van der Waals surface area contributed by atoms with Gasteiger partial charge in [-0.1, -0.05) is 0 Å². The fraction of sp³-hybridized carbons (Fsp3) is 0.333. The highest BCUT2D eigenvalue weighted by atomic mass is 79.9. The zero-order valence-corrected chi connectivity index (χ0v) is 10.5. The van der Waals surface area contributed by atoms with Gasteiger partial charge >= 0.3 is 5.97 Å². The summed E-state index contributed by atoms with van der Waals surface area (Å²) in [6, 6.07) is 1.34. The number of carbonyl (C=O) groups is 1. The van der Waals surface area contributed by atoms with Crippen molar-refractivity contribution in [2.24, 2.45) is 0 Å². The molecular formula is C9H7BrClF2NO2. The molecule has 1 heterocycles. The molecule has 0 spiro atoms. The average Bonchev–Trinajstić information content (AvgIpc) is 2.27. The molecule has 1 aromatic heterocycles. The third-order valence-electron chi connectivity index (χ3n) is 1.81. The Kier molecular flexibility index (Phi) is 4.61. The number of hydrogen-bond donors (Lipinski definition) is 0. The number of carbonyl (C=O) groups excluding carboxylic acids is 1. The fourth-order valence-corrected chi connectivity index (χ4v) is 1.81. The SMILES string of the molecule is COC(=O)c1nc(C(F)F)c(Br)cc1CCl. The largest absolute Gasteiger partial charge is 0.464 e. The number of esters is 1. The molecule has 0 unspecified atom stereocenters. The van der Waals surface area contributed by atoms with Gasteiger partial charge in [-0.15, -0.1) is 11.6 Å². The maximum Gasteiger partial charge on any atom is 0.356 e. The lowest BCUT2D eigenvalue weighted by molar-refractivity contribution is 0.0591. The lowest BCUT2D eigenvalue weighted by Crippen LogP contribution is -2.10. The summed E-state index contributed by atoms with van der Waals surface area (Å²) in [5.74, 6) is -0.801. The van der Waals surface area contributed by atoms with Crippen LogP contribution in [0.3, 0.4) is 0 Å². The van der Waals surface area contributed by atoms with Gasteiger partial charge in [-0.2, -0.15) is 0 Å². The zero-order valence-electron chi connectivity index (χ0n) is 8.14. The van der Waals surface area contributed by atoms with Crippen molar-refractivity contribution in [3.05, 3.63) is 27.5 Å². The molecule has 88 valence electrons. The van der Waals surface area contributed by atoms with Crippen LogP contribution in [-0.2, 0) is 10.6 Å². The molecule has 0 aliphatic carbocycles. The van der Waals surface area contributed by atoms with Crippen molar-refractivity contribution in [2.45, 2.75) is 12.3 Å². The quantitative estimate of drug-likeness (QED) is 0.635. The van der Waals surface area contributed by atoms with Crippen LogP contribution in [0, 0.1) is 0 Å². The first-order valence-corrected chi connectivity index (χ1v) is 5.45. The molecule has 0 aliphatic rings. The Morgan fingerprint density at radius 1 is 1.69 bits per heavy atom. The van der Waals surface area contributed by atoms with Gasteiger partial charge in [0.25, 0.3) is 6.43 Å². The highest BCUT2D eigenvalue weighted by Gasteiger charge is 2.21. The van der Waals surface area contributed by atoms with Crippen molar-refractivity contribution in [1.82, 2.24) is 4.98 Å². The standard InChI is InChI=1S/C9H7BrClF2NO2/c1-16-9(15)6-4(3-11)2-5(10)7(14-6)8(12)13/h2,8H,3H2,1H3. The first-order valence-electron chi connectivity index (χ1n) is 4.13. The van der Waals surface area contributed by atoms with Gasteiger partial charge in [-0.05, 0) is 22.0 Å². The predicted molar refractivity (Wildman–Crippen MR) is 57.8 cm³/mol. The van der Waals surface area contributed by atoms with Crippen molar-refractivity contribution in [2.75, 3.05) is 7.11 Å². The van der Waals surface area contributed by atoms with E-state index in [4.69, 9.17) is 11.6 Å². The molecule has 0 fully saturated rings. The fourth-order valence-electron chi connectivity index (χ4n) is 1.07. The van der Waals surface area contributed by atoms with E-state index in [2.05, 4.69) is 25.7 Å². The van der Waals surface area contributed by atoms with E-state index >= 15 is 0 Å². The summed E-state index contributed by atoms with van der Waals surface area (Å²) in [6.07, 6.45) is -2.78. The van der Waals surface area contributed by atoms with Gasteiger partial charge in [0, 0.05) is 15.9 Å². The Morgan fingerprint density at radius 2 is 2.31 bits per heavy atom. The second-order valence-corrected chi connectivity index (χ2v) is 3.91. The number of nitrogens with zero attached hydrogens (tertiary/aromatic N) is 1. The molecule has 0 atom stereocenters. The van der Waals surface area contributed by atoms with E-state index in [1.807, 2.05) is 0 Å². The van der Waals surface area contributed by atoms with E-state index in [9.17, 15) is 13.6 Å². The van der Waals surface area contributed by atoms with Crippen molar-refractivity contribution < 1.29 is 18.3 Å². The van der Waals surface area contributed by atoms with Gasteiger partial charge in [-0.25, -0.2) is 18.6 Å². The molecule has 0 bridgehead atoms. The molecule has 1 rings (SSSR count). The highest BCUT2D eigenvalue weighted by molar-refractivity contribution is 9.10. The highest BCUT2D eigenvalue weighted by Crippen LogP contribution is 2.28. The Bertz CT molecular complexity index is 415. The summed E-state index contributed by atoms with van der Waals surface area (Å²) in [6.45, 7) is 0. The molecule has 0 aliphatic heterocycles. The smallest absolute Gasteiger partial charge is 0.356 e. The summed E-state index contributed by atoms with van der Waals surface area (Å²) >= 11 is 8.52. The minimum atomic E-state index is -2.78. The summed E-state index contributed by atoms with van der Waals surface area (Å²) in [5, 5.41) is 0. The maximum absolute atomic E-state index is 12.5. The number of alkyl halides is 3. The van der Waals surface area contributed by atoms with E-state index in [-0.39, 0.29) is 16.0 Å². The minimum Gasteiger partial charge on any atom is -0.464 e. The zero-order chi connectivity index (χ0) is 12.3. The van der Waals surface area contributed by atoms with Crippen LogP contribution >= 0.6 is 27.5 Å². The third-order valence-corrected chi connectivity index (χ3v) is 2.73. The lowest BCUT2D eigenvalue weighted by Gasteiger charge is -2.09. The predicted octanol–water partition coefficient (Wildman–Crippen LogP) is 3.31. The van der Waals surface area contributed by atoms with Crippen molar-refractivity contribution in [3.63, 3.8) is 0 Å². The Balaban J connectivity index is 3.34. The summed E-state index contributed by atoms with van der Waals surface area (Å²) in [7, 11) is 1.14. The normalized spacial score (nSPS) is 10.6. The summed E-state index contributed by atoms with van der Waals surface area (Å²) < 4.78 is 29.6. The minimum absolute atomic E-state index is 0.0143. The molecule has 0 aromatic carbocycles. The van der Waals surface area contributed by atoms with E-state index in [1.54, 1.807) is 0 Å². The summed E-state index contributed by atoms with van der Waals surface area (Å²) in [4.78, 5) is 14.8. The van der Waals surface area contributed by atoms with E-state index in [0.29, 0.717) is 5.56 Å². The number of pyridine rings is 1. The molecule has 0 saturated heterocycles.